The van der Waals surface area contributed by atoms with E-state index < -0.39 is 29.4 Å². The number of hydrogen-bond donors (Lipinski definition) is 3. The maximum atomic E-state index is 13.0. The minimum Gasteiger partial charge on any atom is -0.370 e. The summed E-state index contributed by atoms with van der Waals surface area (Å²) in [5, 5.41) is 0.658. The number of amides is 3. The summed E-state index contributed by atoms with van der Waals surface area (Å²) in [7, 11) is 0. The van der Waals surface area contributed by atoms with Crippen LogP contribution in [-0.2, 0) is 14.4 Å². The molecule has 3 amide bonds. The molecule has 7 nitrogen and oxygen atoms in total. The molecule has 0 radical (unpaired) electrons. The molecule has 132 valence electrons. The van der Waals surface area contributed by atoms with Crippen molar-refractivity contribution >= 4 is 29.3 Å². The molecule has 1 aliphatic rings. The third-order valence-electron chi connectivity index (χ3n) is 3.93. The van der Waals surface area contributed by atoms with Gasteiger partial charge in [-0.05, 0) is 12.3 Å². The highest BCUT2D eigenvalue weighted by Crippen LogP contribution is 2.26. The Bertz CT molecular complexity index is 430. The summed E-state index contributed by atoms with van der Waals surface area (Å²) in [6.07, 6.45) is 5.77. The third kappa shape index (κ3) is 7.13. The van der Waals surface area contributed by atoms with Crippen LogP contribution in [0, 0.1) is 5.92 Å². The fourth-order valence-electron chi connectivity index (χ4n) is 2.67. The van der Waals surface area contributed by atoms with Crippen molar-refractivity contribution in [3.8, 4) is 0 Å². The Labute approximate surface area is 139 Å². The second kappa shape index (κ2) is 9.67. The first-order valence-corrected chi connectivity index (χ1v) is 8.18. The van der Waals surface area contributed by atoms with Crippen molar-refractivity contribution < 1.29 is 18.8 Å². The third-order valence-corrected chi connectivity index (χ3v) is 4.12. The molecule has 0 heterocycles. The van der Waals surface area contributed by atoms with Crippen molar-refractivity contribution in [2.75, 3.05) is 6.54 Å². The zero-order valence-electron chi connectivity index (χ0n) is 13.0. The van der Waals surface area contributed by atoms with Gasteiger partial charge in [0.05, 0.1) is 12.6 Å². The lowest BCUT2D eigenvalue weighted by atomic mass is 9.85. The molecule has 0 aromatic heterocycles. The Hall–Kier alpha value is -1.41. The van der Waals surface area contributed by atoms with Gasteiger partial charge >= 0.3 is 0 Å². The largest absolute Gasteiger partial charge is 0.370 e. The van der Waals surface area contributed by atoms with Gasteiger partial charge in [-0.25, -0.2) is 9.40 Å². The Balaban J connectivity index is 2.55. The molecule has 0 bridgehead atoms. The van der Waals surface area contributed by atoms with Gasteiger partial charge in [-0.15, -0.1) is 0 Å². The lowest BCUT2D eigenvalue weighted by Crippen LogP contribution is -2.54. The summed E-state index contributed by atoms with van der Waals surface area (Å²) in [5.41, 5.74) is 10.8. The normalized spacial score (nSPS) is 18.0. The number of halogens is 2. The first-order chi connectivity index (χ1) is 10.8. The number of nitrogens with two attached hydrogens (primary N) is 2. The van der Waals surface area contributed by atoms with Crippen molar-refractivity contribution in [3.05, 3.63) is 0 Å². The van der Waals surface area contributed by atoms with Crippen molar-refractivity contribution in [1.82, 2.24) is 10.4 Å². The maximum Gasteiger partial charge on any atom is 0.291 e. The highest BCUT2D eigenvalue weighted by Gasteiger charge is 2.27. The summed E-state index contributed by atoms with van der Waals surface area (Å²) < 4.78 is 13.0. The Morgan fingerprint density at radius 3 is 2.39 bits per heavy atom. The van der Waals surface area contributed by atoms with Gasteiger partial charge in [-0.2, -0.15) is 0 Å². The van der Waals surface area contributed by atoms with Crippen LogP contribution >= 0.6 is 11.6 Å². The van der Waals surface area contributed by atoms with E-state index in [0.29, 0.717) is 17.3 Å². The molecule has 1 aliphatic carbocycles. The summed E-state index contributed by atoms with van der Waals surface area (Å²) in [6.45, 7) is -0.261. The molecule has 1 saturated carbocycles. The lowest BCUT2D eigenvalue weighted by molar-refractivity contribution is -0.144. The number of carbonyl (C=O) groups is 3. The highest BCUT2D eigenvalue weighted by atomic mass is 35.5. The number of primary amides is 1. The van der Waals surface area contributed by atoms with Crippen molar-refractivity contribution in [3.63, 3.8) is 0 Å². The predicted octanol–water partition coefficient (Wildman–Crippen LogP) is 0.554. The lowest BCUT2D eigenvalue weighted by Gasteiger charge is -2.27. The van der Waals surface area contributed by atoms with E-state index in [1.54, 1.807) is 0 Å². The zero-order chi connectivity index (χ0) is 17.4. The monoisotopic (exact) mass is 350 g/mol. The Morgan fingerprint density at radius 1 is 1.26 bits per heavy atom. The molecule has 0 saturated heterocycles. The van der Waals surface area contributed by atoms with Gasteiger partial charge in [0.25, 0.3) is 17.4 Å². The molecule has 0 spiro atoms. The topological polar surface area (TPSA) is 119 Å². The SMILES string of the molecule is NC(=O)CCN(NC(=O)C(N)CC1CCCCC1)C(=O)C(F)Cl. The van der Waals surface area contributed by atoms with Crippen LogP contribution in [0.4, 0.5) is 4.39 Å². The van der Waals surface area contributed by atoms with Gasteiger partial charge in [-0.1, -0.05) is 43.7 Å². The Morgan fingerprint density at radius 2 is 1.87 bits per heavy atom. The van der Waals surface area contributed by atoms with Crippen LogP contribution in [-0.4, -0.2) is 40.9 Å². The van der Waals surface area contributed by atoms with E-state index in [9.17, 15) is 18.8 Å². The molecule has 0 aliphatic heterocycles. The van der Waals surface area contributed by atoms with Crippen molar-refractivity contribution in [2.45, 2.75) is 56.6 Å². The molecule has 5 N–H and O–H groups in total. The average Bonchev–Trinajstić information content (AvgIpc) is 2.51. The van der Waals surface area contributed by atoms with E-state index in [1.807, 2.05) is 0 Å². The van der Waals surface area contributed by atoms with Gasteiger partial charge in [0, 0.05) is 6.42 Å². The number of rotatable bonds is 7. The number of carbonyl (C=O) groups excluding carboxylic acids is 3. The first-order valence-electron chi connectivity index (χ1n) is 7.75. The molecule has 2 atom stereocenters. The maximum absolute atomic E-state index is 13.0. The second-order valence-corrected chi connectivity index (χ2v) is 6.21. The van der Waals surface area contributed by atoms with Crippen LogP contribution in [0.25, 0.3) is 0 Å². The van der Waals surface area contributed by atoms with Crippen molar-refractivity contribution in [1.29, 1.82) is 0 Å². The standard InChI is InChI=1S/C14H24ClFN4O3/c15-12(16)14(23)20(7-6-11(18)21)19-13(22)10(17)8-9-4-2-1-3-5-9/h9-10,12H,1-8,17H2,(H2,18,21)(H,19,22). The number of hydrogen-bond acceptors (Lipinski definition) is 4. The molecule has 2 unspecified atom stereocenters. The predicted molar refractivity (Wildman–Crippen MR) is 83.6 cm³/mol. The van der Waals surface area contributed by atoms with E-state index in [4.69, 9.17) is 23.1 Å². The molecular weight excluding hydrogens is 327 g/mol. The molecule has 1 fully saturated rings. The quantitative estimate of drug-likeness (QED) is 0.459. The van der Waals surface area contributed by atoms with E-state index in [1.165, 1.54) is 6.42 Å². The van der Waals surface area contributed by atoms with Crippen LogP contribution in [0.5, 0.6) is 0 Å². The number of nitrogens with zero attached hydrogens (tertiary/aromatic N) is 1. The van der Waals surface area contributed by atoms with E-state index >= 15 is 0 Å². The fraction of sp³-hybridized carbons (Fsp3) is 0.786. The molecule has 1 rings (SSSR count). The van der Waals surface area contributed by atoms with E-state index in [2.05, 4.69) is 5.43 Å². The summed E-state index contributed by atoms with van der Waals surface area (Å²) in [5.74, 6) is -2.08. The Kier molecular flexibility index (Phi) is 8.25. The second-order valence-electron chi connectivity index (χ2n) is 5.83. The van der Waals surface area contributed by atoms with Crippen LogP contribution in [0.15, 0.2) is 0 Å². The number of nitrogens with one attached hydrogen (secondary N) is 1. The zero-order valence-corrected chi connectivity index (χ0v) is 13.7. The minimum absolute atomic E-state index is 0.229. The number of alkyl halides is 2. The molecule has 0 aromatic rings. The van der Waals surface area contributed by atoms with Crippen LogP contribution in [0.2, 0.25) is 0 Å². The van der Waals surface area contributed by atoms with Gasteiger partial charge in [0.2, 0.25) is 5.91 Å². The van der Waals surface area contributed by atoms with Crippen LogP contribution in [0.1, 0.15) is 44.9 Å². The molecule has 9 heteroatoms. The van der Waals surface area contributed by atoms with E-state index in [-0.39, 0.29) is 13.0 Å². The highest BCUT2D eigenvalue weighted by molar-refractivity contribution is 6.29. The molecular formula is C14H24ClFN4O3. The summed E-state index contributed by atoms with van der Waals surface area (Å²) in [6, 6.07) is -0.810. The van der Waals surface area contributed by atoms with Gasteiger partial charge in [-0.3, -0.25) is 19.8 Å². The fourth-order valence-corrected chi connectivity index (χ4v) is 2.78. The van der Waals surface area contributed by atoms with Crippen LogP contribution in [0.3, 0.4) is 0 Å². The minimum atomic E-state index is -2.32. The van der Waals surface area contributed by atoms with Gasteiger partial charge in [0.1, 0.15) is 0 Å². The average molecular weight is 351 g/mol. The summed E-state index contributed by atoms with van der Waals surface area (Å²) in [4.78, 5) is 34.5. The molecule has 0 aromatic carbocycles. The van der Waals surface area contributed by atoms with Gasteiger partial charge < -0.3 is 11.5 Å². The van der Waals surface area contributed by atoms with Crippen molar-refractivity contribution in [2.24, 2.45) is 17.4 Å². The number of hydrazine groups is 1. The smallest absolute Gasteiger partial charge is 0.291 e. The van der Waals surface area contributed by atoms with E-state index in [0.717, 1.165) is 25.7 Å². The van der Waals surface area contributed by atoms with Gasteiger partial charge in [0.15, 0.2) is 0 Å². The summed E-state index contributed by atoms with van der Waals surface area (Å²) >= 11 is 5.10. The van der Waals surface area contributed by atoms with Crippen LogP contribution < -0.4 is 16.9 Å². The first kappa shape index (κ1) is 19.6. The molecule has 23 heavy (non-hydrogen) atoms.